The van der Waals surface area contributed by atoms with Gasteiger partial charge in [-0.25, -0.2) is 0 Å². The molecule has 0 N–H and O–H groups in total. The molecule has 0 spiro atoms. The second-order valence-electron chi connectivity index (χ2n) is 3.53. The molecule has 3 rings (SSSR count). The average Bonchev–Trinajstić information content (AvgIpc) is 2.87. The summed E-state index contributed by atoms with van der Waals surface area (Å²) < 4.78 is 12.7. The van der Waals surface area contributed by atoms with Crippen LogP contribution in [0.25, 0.3) is 10.9 Å². The molecule has 2 heterocycles. The number of nitrogens with zero attached hydrogens (tertiary/aromatic N) is 2. The predicted octanol–water partition coefficient (Wildman–Crippen LogP) is 1.42. The number of hydrogen-bond acceptors (Lipinski definition) is 3. The molecule has 15 heavy (non-hydrogen) atoms. The average molecular weight is 203 g/mol. The van der Waals surface area contributed by atoms with Crippen molar-refractivity contribution in [3.05, 3.63) is 30.0 Å². The fourth-order valence-corrected chi connectivity index (χ4v) is 1.87. The zero-order valence-electron chi connectivity index (χ0n) is 8.43. The third kappa shape index (κ3) is 1.33. The standard InChI is InChI=1S/C11H11N2O2/c1-13-9-5-3-2-4-8(9)10(12-13)11-14-6-7-15-11/h2,4-5,11H,6-7H2,1H3. The summed E-state index contributed by atoms with van der Waals surface area (Å²) in [7, 11) is 1.91. The summed E-state index contributed by atoms with van der Waals surface area (Å²) in [6, 6.07) is 8.82. The third-order valence-corrected chi connectivity index (χ3v) is 2.57. The monoisotopic (exact) mass is 203 g/mol. The van der Waals surface area contributed by atoms with Crippen LogP contribution in [-0.2, 0) is 16.5 Å². The van der Waals surface area contributed by atoms with E-state index in [9.17, 15) is 0 Å². The van der Waals surface area contributed by atoms with E-state index in [1.807, 2.05) is 29.9 Å². The lowest BCUT2D eigenvalue weighted by atomic mass is 10.2. The van der Waals surface area contributed by atoms with Crippen LogP contribution in [0.5, 0.6) is 0 Å². The van der Waals surface area contributed by atoms with E-state index in [0.717, 1.165) is 16.6 Å². The molecule has 4 nitrogen and oxygen atoms in total. The summed E-state index contributed by atoms with van der Waals surface area (Å²) in [6.45, 7) is 1.28. The second kappa shape index (κ2) is 3.32. The van der Waals surface area contributed by atoms with Crippen LogP contribution in [0.2, 0.25) is 0 Å². The Morgan fingerprint density at radius 2 is 2.27 bits per heavy atom. The molecule has 1 radical (unpaired) electrons. The van der Waals surface area contributed by atoms with Crippen LogP contribution in [0.1, 0.15) is 12.0 Å². The third-order valence-electron chi connectivity index (χ3n) is 2.57. The van der Waals surface area contributed by atoms with Crippen molar-refractivity contribution in [1.29, 1.82) is 0 Å². The fourth-order valence-electron chi connectivity index (χ4n) is 1.87. The van der Waals surface area contributed by atoms with Crippen LogP contribution in [0.15, 0.2) is 18.2 Å². The van der Waals surface area contributed by atoms with Gasteiger partial charge < -0.3 is 9.47 Å². The first-order chi connectivity index (χ1) is 7.36. The van der Waals surface area contributed by atoms with Crippen molar-refractivity contribution in [2.24, 2.45) is 7.05 Å². The van der Waals surface area contributed by atoms with Gasteiger partial charge in [0.25, 0.3) is 0 Å². The molecule has 0 atom stereocenters. The number of benzene rings is 1. The molecule has 0 saturated carbocycles. The Hall–Kier alpha value is -1.39. The van der Waals surface area contributed by atoms with E-state index >= 15 is 0 Å². The quantitative estimate of drug-likeness (QED) is 0.703. The lowest BCUT2D eigenvalue weighted by Gasteiger charge is -2.04. The molecule has 0 aliphatic carbocycles. The van der Waals surface area contributed by atoms with Crippen molar-refractivity contribution in [3.63, 3.8) is 0 Å². The van der Waals surface area contributed by atoms with Crippen molar-refractivity contribution in [2.45, 2.75) is 6.29 Å². The number of aryl methyl sites for hydroxylation is 1. The maximum atomic E-state index is 5.45. The number of aromatic nitrogens is 2. The Morgan fingerprint density at radius 1 is 1.47 bits per heavy atom. The van der Waals surface area contributed by atoms with Gasteiger partial charge in [0.15, 0.2) is 0 Å². The summed E-state index contributed by atoms with van der Waals surface area (Å²) in [5, 5.41) is 5.49. The highest BCUT2D eigenvalue weighted by Gasteiger charge is 2.23. The van der Waals surface area contributed by atoms with Gasteiger partial charge in [-0.3, -0.25) is 4.68 Å². The van der Waals surface area contributed by atoms with Gasteiger partial charge >= 0.3 is 0 Å². The van der Waals surface area contributed by atoms with Gasteiger partial charge in [-0.15, -0.1) is 0 Å². The van der Waals surface area contributed by atoms with Crippen molar-refractivity contribution in [1.82, 2.24) is 9.78 Å². The Labute approximate surface area is 87.4 Å². The highest BCUT2D eigenvalue weighted by molar-refractivity contribution is 5.81. The van der Waals surface area contributed by atoms with Crippen LogP contribution in [0.4, 0.5) is 0 Å². The van der Waals surface area contributed by atoms with E-state index in [-0.39, 0.29) is 6.29 Å². The Balaban J connectivity index is 2.17. The van der Waals surface area contributed by atoms with Crippen molar-refractivity contribution >= 4 is 10.9 Å². The van der Waals surface area contributed by atoms with Crippen LogP contribution in [-0.4, -0.2) is 23.0 Å². The highest BCUT2D eigenvalue weighted by Crippen LogP contribution is 2.28. The summed E-state index contributed by atoms with van der Waals surface area (Å²) in [5.41, 5.74) is 1.91. The van der Waals surface area contributed by atoms with Gasteiger partial charge in [0.2, 0.25) is 6.29 Å². The molecular weight excluding hydrogens is 192 g/mol. The lowest BCUT2D eigenvalue weighted by molar-refractivity contribution is -0.0465. The van der Waals surface area contributed by atoms with Crippen molar-refractivity contribution in [3.8, 4) is 0 Å². The van der Waals surface area contributed by atoms with E-state index in [1.165, 1.54) is 0 Å². The molecule has 77 valence electrons. The molecule has 4 heteroatoms. The summed E-state index contributed by atoms with van der Waals surface area (Å²) in [5.74, 6) is 0. The number of ether oxygens (including phenoxy) is 2. The predicted molar refractivity (Wildman–Crippen MR) is 54.2 cm³/mol. The zero-order chi connectivity index (χ0) is 10.3. The smallest absolute Gasteiger partial charge is 0.203 e. The second-order valence-corrected chi connectivity index (χ2v) is 3.53. The van der Waals surface area contributed by atoms with Crippen LogP contribution in [0, 0.1) is 6.07 Å². The molecule has 1 aromatic heterocycles. The summed E-state index contributed by atoms with van der Waals surface area (Å²) in [4.78, 5) is 0. The lowest BCUT2D eigenvalue weighted by Crippen LogP contribution is -2.00. The molecule has 0 unspecified atom stereocenters. The van der Waals surface area contributed by atoms with Gasteiger partial charge in [-0.2, -0.15) is 5.10 Å². The zero-order valence-corrected chi connectivity index (χ0v) is 8.43. The molecule has 0 bridgehead atoms. The number of hydrogen-bond donors (Lipinski definition) is 0. The maximum Gasteiger partial charge on any atom is 0.203 e. The maximum absolute atomic E-state index is 5.45. The van der Waals surface area contributed by atoms with Gasteiger partial charge in [0.05, 0.1) is 18.7 Å². The minimum atomic E-state index is -0.309. The van der Waals surface area contributed by atoms with E-state index in [0.29, 0.717) is 13.2 Å². The SMILES string of the molecule is Cn1nc(C2OCCO2)c2cc[c]cc21. The number of fused-ring (bicyclic) bond motifs is 1. The fraction of sp³-hybridized carbons (Fsp3) is 0.364. The van der Waals surface area contributed by atoms with Gasteiger partial charge in [-0.1, -0.05) is 12.1 Å². The first-order valence-corrected chi connectivity index (χ1v) is 4.92. The van der Waals surface area contributed by atoms with Crippen LogP contribution < -0.4 is 0 Å². The molecular formula is C11H11N2O2. The van der Waals surface area contributed by atoms with Gasteiger partial charge in [0, 0.05) is 12.4 Å². The highest BCUT2D eigenvalue weighted by atomic mass is 16.7. The van der Waals surface area contributed by atoms with Crippen molar-refractivity contribution < 1.29 is 9.47 Å². The molecule has 2 aromatic rings. The van der Waals surface area contributed by atoms with E-state index in [2.05, 4.69) is 11.2 Å². The van der Waals surface area contributed by atoms with E-state index < -0.39 is 0 Å². The minimum absolute atomic E-state index is 0.309. The molecule has 1 saturated heterocycles. The number of rotatable bonds is 1. The Morgan fingerprint density at radius 3 is 3.07 bits per heavy atom. The van der Waals surface area contributed by atoms with Gasteiger partial charge in [-0.05, 0) is 12.1 Å². The van der Waals surface area contributed by atoms with E-state index in [4.69, 9.17) is 9.47 Å². The van der Waals surface area contributed by atoms with Gasteiger partial charge in [0.1, 0.15) is 5.69 Å². The minimum Gasteiger partial charge on any atom is -0.345 e. The summed E-state index contributed by atoms with van der Waals surface area (Å²) >= 11 is 0. The largest absolute Gasteiger partial charge is 0.345 e. The Bertz CT molecular complexity index is 486. The Kier molecular flexibility index (Phi) is 1.97. The topological polar surface area (TPSA) is 36.3 Å². The van der Waals surface area contributed by atoms with Crippen LogP contribution in [0.3, 0.4) is 0 Å². The molecule has 1 aromatic carbocycles. The van der Waals surface area contributed by atoms with E-state index in [1.54, 1.807) is 0 Å². The normalized spacial score (nSPS) is 17.7. The molecule has 1 fully saturated rings. The molecule has 1 aliphatic rings. The summed E-state index contributed by atoms with van der Waals surface area (Å²) in [6.07, 6.45) is -0.309. The van der Waals surface area contributed by atoms with Crippen LogP contribution >= 0.6 is 0 Å². The van der Waals surface area contributed by atoms with Crippen molar-refractivity contribution in [2.75, 3.05) is 13.2 Å². The molecule has 1 aliphatic heterocycles. The first kappa shape index (κ1) is 8.88. The molecule has 0 amide bonds. The first-order valence-electron chi connectivity index (χ1n) is 4.92.